The van der Waals surface area contributed by atoms with Gasteiger partial charge in [0, 0.05) is 18.9 Å². The maximum absolute atomic E-state index is 12.6. The summed E-state index contributed by atoms with van der Waals surface area (Å²) in [7, 11) is 1.94. The summed E-state index contributed by atoms with van der Waals surface area (Å²) in [4.78, 5) is 27.9. The molecule has 7 heteroatoms. The zero-order chi connectivity index (χ0) is 21.9. The topological polar surface area (TPSA) is 75.9 Å². The molecule has 0 radical (unpaired) electrons. The summed E-state index contributed by atoms with van der Waals surface area (Å²) < 4.78 is 1.91. The number of hydrogen-bond acceptors (Lipinski definition) is 5. The molecular weight excluding hydrogens is 400 g/mol. The van der Waals surface area contributed by atoms with E-state index < -0.39 is 0 Å². The van der Waals surface area contributed by atoms with Gasteiger partial charge in [-0.05, 0) is 48.5 Å². The lowest BCUT2D eigenvalue weighted by atomic mass is 10.2. The van der Waals surface area contributed by atoms with Gasteiger partial charge in [-0.15, -0.1) is 0 Å². The van der Waals surface area contributed by atoms with E-state index in [-0.39, 0.29) is 5.91 Å². The minimum absolute atomic E-state index is 0.242. The van der Waals surface area contributed by atoms with Gasteiger partial charge >= 0.3 is 0 Å². The van der Waals surface area contributed by atoms with Crippen LogP contribution in [0, 0.1) is 0 Å². The van der Waals surface area contributed by atoms with Crippen LogP contribution in [0.25, 0.3) is 16.9 Å². The maximum atomic E-state index is 12.6. The average Bonchev–Trinajstić information content (AvgIpc) is 3.29. The van der Waals surface area contributed by atoms with E-state index in [9.17, 15) is 4.79 Å². The van der Waals surface area contributed by atoms with Crippen molar-refractivity contribution in [3.63, 3.8) is 0 Å². The number of pyridine rings is 2. The second-order valence-electron chi connectivity index (χ2n) is 7.26. The van der Waals surface area contributed by atoms with Gasteiger partial charge < -0.3 is 10.2 Å². The summed E-state index contributed by atoms with van der Waals surface area (Å²) in [5.74, 6) is 1.24. The molecule has 0 atom stereocenters. The molecule has 32 heavy (non-hydrogen) atoms. The molecule has 2 aromatic carbocycles. The van der Waals surface area contributed by atoms with Crippen LogP contribution in [0.3, 0.4) is 0 Å². The van der Waals surface area contributed by atoms with Crippen molar-refractivity contribution in [2.75, 3.05) is 17.3 Å². The van der Waals surface area contributed by atoms with Gasteiger partial charge in [0.25, 0.3) is 5.91 Å². The van der Waals surface area contributed by atoms with Gasteiger partial charge in [-0.1, -0.05) is 30.3 Å². The Morgan fingerprint density at radius 3 is 2.41 bits per heavy atom. The van der Waals surface area contributed by atoms with Crippen molar-refractivity contribution in [2.45, 2.75) is 0 Å². The third-order valence-corrected chi connectivity index (χ3v) is 5.20. The fourth-order valence-corrected chi connectivity index (χ4v) is 3.45. The molecule has 0 unspecified atom stereocenters. The third kappa shape index (κ3) is 3.79. The minimum atomic E-state index is -0.242. The molecule has 0 bridgehead atoms. The first-order valence-electron chi connectivity index (χ1n) is 10.1. The predicted molar refractivity (Wildman–Crippen MR) is 126 cm³/mol. The van der Waals surface area contributed by atoms with Crippen LogP contribution in [0.4, 0.5) is 17.2 Å². The van der Waals surface area contributed by atoms with Gasteiger partial charge in [-0.3, -0.25) is 9.36 Å². The van der Waals surface area contributed by atoms with Gasteiger partial charge in [0.1, 0.15) is 18.0 Å². The van der Waals surface area contributed by atoms with E-state index in [1.54, 1.807) is 24.8 Å². The van der Waals surface area contributed by atoms with Crippen LogP contribution in [-0.4, -0.2) is 32.5 Å². The van der Waals surface area contributed by atoms with Crippen molar-refractivity contribution in [1.82, 2.24) is 19.5 Å². The van der Waals surface area contributed by atoms with Crippen molar-refractivity contribution < 1.29 is 4.79 Å². The first kappa shape index (κ1) is 19.4. The lowest BCUT2D eigenvalue weighted by Crippen LogP contribution is -2.14. The van der Waals surface area contributed by atoms with Gasteiger partial charge in [-0.25, -0.2) is 15.0 Å². The minimum Gasteiger partial charge on any atom is -0.329 e. The SMILES string of the molecule is CN(c1ccccc1)c1ccc(C(=O)Nc2ccc(-n3cnc4ccccc43)nc2)cn1. The molecule has 0 fully saturated rings. The standard InChI is InChI=1S/C25H20N6O/c1-30(20-7-3-2-4-8-20)23-13-11-18(15-26-23)25(32)29-19-12-14-24(27-16-19)31-17-28-21-9-5-6-10-22(21)31/h2-17H,1H3,(H,29,32). The van der Waals surface area contributed by atoms with Crippen molar-refractivity contribution in [2.24, 2.45) is 0 Å². The molecule has 7 nitrogen and oxygen atoms in total. The highest BCUT2D eigenvalue weighted by atomic mass is 16.1. The molecule has 0 saturated heterocycles. The molecule has 3 heterocycles. The molecule has 0 aliphatic heterocycles. The fourth-order valence-electron chi connectivity index (χ4n) is 3.45. The Morgan fingerprint density at radius 2 is 1.66 bits per heavy atom. The zero-order valence-electron chi connectivity index (χ0n) is 17.4. The summed E-state index contributed by atoms with van der Waals surface area (Å²) in [6.07, 6.45) is 4.95. The smallest absolute Gasteiger partial charge is 0.257 e. The average molecular weight is 420 g/mol. The lowest BCUT2D eigenvalue weighted by Gasteiger charge is -2.18. The van der Waals surface area contributed by atoms with Crippen LogP contribution in [0.1, 0.15) is 10.4 Å². The molecule has 1 N–H and O–H groups in total. The van der Waals surface area contributed by atoms with Crippen LogP contribution in [0.2, 0.25) is 0 Å². The molecule has 156 valence electrons. The number of hydrogen-bond donors (Lipinski definition) is 1. The normalized spacial score (nSPS) is 10.8. The summed E-state index contributed by atoms with van der Waals surface area (Å²) in [6.45, 7) is 0. The number of benzene rings is 2. The summed E-state index contributed by atoms with van der Waals surface area (Å²) >= 11 is 0. The first-order valence-corrected chi connectivity index (χ1v) is 10.1. The quantitative estimate of drug-likeness (QED) is 0.440. The number of carbonyl (C=O) groups excluding carboxylic acids is 1. The molecule has 0 aliphatic carbocycles. The summed E-state index contributed by atoms with van der Waals surface area (Å²) in [6, 6.07) is 25.0. The molecule has 5 rings (SSSR count). The molecule has 5 aromatic rings. The number of amides is 1. The largest absolute Gasteiger partial charge is 0.329 e. The number of rotatable bonds is 5. The third-order valence-electron chi connectivity index (χ3n) is 5.20. The summed E-state index contributed by atoms with van der Waals surface area (Å²) in [5.41, 5.74) is 3.98. The second kappa shape index (κ2) is 8.31. The van der Waals surface area contributed by atoms with E-state index in [2.05, 4.69) is 20.3 Å². The number of nitrogens with one attached hydrogen (secondary N) is 1. The number of carbonyl (C=O) groups is 1. The molecule has 0 saturated carbocycles. The molecule has 0 aliphatic rings. The van der Waals surface area contributed by atoms with Crippen molar-refractivity contribution >= 4 is 34.1 Å². The Labute approximate surface area is 185 Å². The second-order valence-corrected chi connectivity index (χ2v) is 7.26. The van der Waals surface area contributed by atoms with Gasteiger partial charge in [0.05, 0.1) is 28.5 Å². The van der Waals surface area contributed by atoms with E-state index in [0.717, 1.165) is 28.4 Å². The first-order chi connectivity index (χ1) is 15.7. The van der Waals surface area contributed by atoms with Gasteiger partial charge in [0.15, 0.2) is 0 Å². The number of imidazole rings is 1. The van der Waals surface area contributed by atoms with E-state index in [0.29, 0.717) is 11.3 Å². The molecule has 1 amide bonds. The number of aromatic nitrogens is 4. The Balaban J connectivity index is 1.29. The monoisotopic (exact) mass is 420 g/mol. The molecule has 0 spiro atoms. The highest BCUT2D eigenvalue weighted by Crippen LogP contribution is 2.21. The van der Waals surface area contributed by atoms with Crippen LogP contribution >= 0.6 is 0 Å². The number of fused-ring (bicyclic) bond motifs is 1. The zero-order valence-corrected chi connectivity index (χ0v) is 17.4. The fraction of sp³-hybridized carbons (Fsp3) is 0.0400. The molecule has 3 aromatic heterocycles. The Hall–Kier alpha value is -4.52. The van der Waals surface area contributed by atoms with Gasteiger partial charge in [0.2, 0.25) is 0 Å². The Morgan fingerprint density at radius 1 is 0.844 bits per heavy atom. The van der Waals surface area contributed by atoms with Gasteiger partial charge in [-0.2, -0.15) is 0 Å². The van der Waals surface area contributed by atoms with Crippen LogP contribution in [-0.2, 0) is 0 Å². The van der Waals surface area contributed by atoms with E-state index in [1.807, 2.05) is 89.3 Å². The van der Waals surface area contributed by atoms with E-state index >= 15 is 0 Å². The van der Waals surface area contributed by atoms with Crippen molar-refractivity contribution in [1.29, 1.82) is 0 Å². The van der Waals surface area contributed by atoms with E-state index in [4.69, 9.17) is 0 Å². The highest BCUT2D eigenvalue weighted by Gasteiger charge is 2.11. The number of anilines is 3. The van der Waals surface area contributed by atoms with E-state index in [1.165, 1.54) is 0 Å². The maximum Gasteiger partial charge on any atom is 0.257 e. The Bertz CT molecular complexity index is 1360. The Kier molecular flexibility index (Phi) is 5.05. The van der Waals surface area contributed by atoms with Crippen LogP contribution in [0.15, 0.2) is 97.6 Å². The van der Waals surface area contributed by atoms with Crippen molar-refractivity contribution in [3.8, 4) is 5.82 Å². The van der Waals surface area contributed by atoms with Crippen LogP contribution in [0.5, 0.6) is 0 Å². The van der Waals surface area contributed by atoms with Crippen LogP contribution < -0.4 is 10.2 Å². The number of para-hydroxylation sites is 3. The summed E-state index contributed by atoms with van der Waals surface area (Å²) in [5, 5.41) is 2.87. The highest BCUT2D eigenvalue weighted by molar-refractivity contribution is 6.04. The molecular formula is C25H20N6O. The lowest BCUT2D eigenvalue weighted by molar-refractivity contribution is 0.102. The van der Waals surface area contributed by atoms with Crippen molar-refractivity contribution in [3.05, 3.63) is 103 Å². The number of nitrogens with zero attached hydrogens (tertiary/aromatic N) is 5. The predicted octanol–water partition coefficient (Wildman–Crippen LogP) is 4.84.